The molecule has 0 fully saturated rings. The summed E-state index contributed by atoms with van der Waals surface area (Å²) < 4.78 is 18.4. The Morgan fingerprint density at radius 1 is 1.23 bits per heavy atom. The summed E-state index contributed by atoms with van der Waals surface area (Å²) in [7, 11) is 1.68. The minimum absolute atomic E-state index is 0.200. The lowest BCUT2D eigenvalue weighted by Gasteiger charge is -2.16. The Hall–Kier alpha value is -2.86. The fourth-order valence-electron chi connectivity index (χ4n) is 2.37. The molecule has 134 valence electrons. The number of aromatic nitrogens is 2. The van der Waals surface area contributed by atoms with Crippen LogP contribution in [0.5, 0.6) is 5.75 Å². The summed E-state index contributed by atoms with van der Waals surface area (Å²) in [5.74, 6) is 0.0323. The van der Waals surface area contributed by atoms with Crippen molar-refractivity contribution < 1.29 is 13.9 Å². The summed E-state index contributed by atoms with van der Waals surface area (Å²) in [4.78, 5) is 14.0. The number of hydrogen-bond acceptors (Lipinski definition) is 3. The van der Waals surface area contributed by atoms with E-state index >= 15 is 0 Å². The van der Waals surface area contributed by atoms with Crippen molar-refractivity contribution in [3.63, 3.8) is 0 Å². The molecule has 0 aliphatic carbocycles. The number of H-pyrrole nitrogens is 1. The van der Waals surface area contributed by atoms with Crippen LogP contribution in [0.25, 0.3) is 11.3 Å². The maximum absolute atomic E-state index is 12.9. The zero-order chi connectivity index (χ0) is 18.5. The number of halogens is 2. The van der Waals surface area contributed by atoms with Crippen molar-refractivity contribution in [3.05, 3.63) is 71.1 Å². The van der Waals surface area contributed by atoms with Crippen LogP contribution in [0, 0.1) is 5.82 Å². The number of amides is 1. The molecule has 1 N–H and O–H groups in total. The van der Waals surface area contributed by atoms with Crippen molar-refractivity contribution in [1.29, 1.82) is 0 Å². The summed E-state index contributed by atoms with van der Waals surface area (Å²) >= 11 is 5.98. The Balaban J connectivity index is 1.57. The molecular weight excluding hydrogens is 357 g/mol. The van der Waals surface area contributed by atoms with E-state index in [-0.39, 0.29) is 11.7 Å². The lowest BCUT2D eigenvalue weighted by molar-refractivity contribution is 0.0768. The Bertz CT molecular complexity index is 896. The highest BCUT2D eigenvalue weighted by Gasteiger charge is 2.15. The smallest absolute Gasteiger partial charge is 0.271 e. The second kappa shape index (κ2) is 8.01. The van der Waals surface area contributed by atoms with Crippen molar-refractivity contribution in [1.82, 2.24) is 15.1 Å². The monoisotopic (exact) mass is 373 g/mol. The third kappa shape index (κ3) is 4.40. The largest absolute Gasteiger partial charge is 0.492 e. The molecule has 1 aromatic heterocycles. The first-order valence-electron chi connectivity index (χ1n) is 7.98. The van der Waals surface area contributed by atoms with Gasteiger partial charge in [0.1, 0.15) is 23.9 Å². The van der Waals surface area contributed by atoms with Gasteiger partial charge in [0.25, 0.3) is 5.91 Å². The van der Waals surface area contributed by atoms with Gasteiger partial charge >= 0.3 is 0 Å². The van der Waals surface area contributed by atoms with E-state index in [2.05, 4.69) is 10.2 Å². The molecule has 0 spiro atoms. The van der Waals surface area contributed by atoms with Gasteiger partial charge in [-0.05, 0) is 42.5 Å². The normalized spacial score (nSPS) is 10.6. The van der Waals surface area contributed by atoms with E-state index in [9.17, 15) is 9.18 Å². The van der Waals surface area contributed by atoms with Gasteiger partial charge in [0, 0.05) is 17.6 Å². The van der Waals surface area contributed by atoms with Crippen LogP contribution in [0.2, 0.25) is 5.02 Å². The predicted octanol–water partition coefficient (Wildman–Crippen LogP) is 4.02. The molecule has 0 saturated carbocycles. The van der Waals surface area contributed by atoms with E-state index in [0.29, 0.717) is 35.3 Å². The highest BCUT2D eigenvalue weighted by Crippen LogP contribution is 2.21. The third-order valence-electron chi connectivity index (χ3n) is 3.78. The molecule has 0 atom stereocenters. The van der Waals surface area contributed by atoms with Crippen LogP contribution >= 0.6 is 11.6 Å². The first kappa shape index (κ1) is 17.9. The number of carbonyl (C=O) groups excluding carboxylic acids is 1. The number of rotatable bonds is 6. The third-order valence-corrected chi connectivity index (χ3v) is 4.02. The minimum atomic E-state index is -0.320. The van der Waals surface area contributed by atoms with Gasteiger partial charge in [-0.1, -0.05) is 23.7 Å². The van der Waals surface area contributed by atoms with E-state index < -0.39 is 0 Å². The summed E-state index contributed by atoms with van der Waals surface area (Å²) in [6, 6.07) is 14.7. The number of benzene rings is 2. The Kier molecular flexibility index (Phi) is 5.53. The van der Waals surface area contributed by atoms with Crippen LogP contribution in [0.3, 0.4) is 0 Å². The van der Waals surface area contributed by atoms with Crippen molar-refractivity contribution in [2.75, 3.05) is 20.2 Å². The lowest BCUT2D eigenvalue weighted by Crippen LogP contribution is -2.31. The average molecular weight is 374 g/mol. The molecule has 0 saturated heterocycles. The van der Waals surface area contributed by atoms with Crippen LogP contribution in [0.1, 0.15) is 10.5 Å². The SMILES string of the molecule is CN(CCOc1ccc(F)cc1)C(=O)c1cc(-c2cccc(Cl)c2)n[nH]1. The minimum Gasteiger partial charge on any atom is -0.492 e. The number of hydrogen-bond donors (Lipinski definition) is 1. The molecule has 0 radical (unpaired) electrons. The maximum atomic E-state index is 12.9. The van der Waals surface area contributed by atoms with Crippen molar-refractivity contribution in [2.45, 2.75) is 0 Å². The maximum Gasteiger partial charge on any atom is 0.271 e. The van der Waals surface area contributed by atoms with Crippen LogP contribution < -0.4 is 4.74 Å². The zero-order valence-electron chi connectivity index (χ0n) is 14.1. The molecule has 0 bridgehead atoms. The molecule has 2 aromatic carbocycles. The zero-order valence-corrected chi connectivity index (χ0v) is 14.8. The van der Waals surface area contributed by atoms with Gasteiger partial charge in [-0.2, -0.15) is 5.10 Å². The van der Waals surface area contributed by atoms with Crippen LogP contribution in [-0.4, -0.2) is 41.2 Å². The van der Waals surface area contributed by atoms with E-state index in [0.717, 1.165) is 5.56 Å². The molecule has 26 heavy (non-hydrogen) atoms. The fourth-order valence-corrected chi connectivity index (χ4v) is 2.56. The standard InChI is InChI=1S/C19H17ClFN3O2/c1-24(9-10-26-16-7-5-15(21)6-8-16)19(25)18-12-17(22-23-18)13-3-2-4-14(20)11-13/h2-8,11-12H,9-10H2,1H3,(H,22,23). The molecule has 3 aromatic rings. The number of nitrogens with zero attached hydrogens (tertiary/aromatic N) is 2. The number of likely N-dealkylation sites (N-methyl/N-ethyl adjacent to an activating group) is 1. The average Bonchev–Trinajstić information content (AvgIpc) is 3.13. The fraction of sp³-hybridized carbons (Fsp3) is 0.158. The van der Waals surface area contributed by atoms with Crippen molar-refractivity contribution in [3.8, 4) is 17.0 Å². The number of aromatic amines is 1. The van der Waals surface area contributed by atoms with Crippen molar-refractivity contribution in [2.24, 2.45) is 0 Å². The summed E-state index contributed by atoms with van der Waals surface area (Å²) in [5, 5.41) is 7.53. The number of nitrogens with one attached hydrogen (secondary N) is 1. The summed E-state index contributed by atoms with van der Waals surface area (Å²) in [5.41, 5.74) is 1.85. The highest BCUT2D eigenvalue weighted by molar-refractivity contribution is 6.30. The molecule has 1 amide bonds. The summed E-state index contributed by atoms with van der Waals surface area (Å²) in [6.45, 7) is 0.672. The Morgan fingerprint density at radius 3 is 2.73 bits per heavy atom. The second-order valence-electron chi connectivity index (χ2n) is 5.71. The number of carbonyl (C=O) groups is 1. The molecule has 3 rings (SSSR count). The molecule has 0 aliphatic rings. The first-order valence-corrected chi connectivity index (χ1v) is 8.36. The predicted molar refractivity (Wildman–Crippen MR) is 97.9 cm³/mol. The Labute approximate surface area is 155 Å². The Morgan fingerprint density at radius 2 is 2.00 bits per heavy atom. The molecule has 1 heterocycles. The van der Waals surface area contributed by atoms with Crippen LogP contribution in [-0.2, 0) is 0 Å². The molecule has 7 heteroatoms. The second-order valence-corrected chi connectivity index (χ2v) is 6.14. The summed E-state index contributed by atoms with van der Waals surface area (Å²) in [6.07, 6.45) is 0. The van der Waals surface area contributed by atoms with Crippen LogP contribution in [0.15, 0.2) is 54.6 Å². The van der Waals surface area contributed by atoms with Gasteiger partial charge in [-0.3, -0.25) is 9.89 Å². The van der Waals surface area contributed by atoms with E-state index in [1.165, 1.54) is 17.0 Å². The van der Waals surface area contributed by atoms with Gasteiger partial charge in [-0.15, -0.1) is 0 Å². The van der Waals surface area contributed by atoms with Gasteiger partial charge in [0.2, 0.25) is 0 Å². The molecular formula is C19H17ClFN3O2. The quantitative estimate of drug-likeness (QED) is 0.710. The molecule has 5 nitrogen and oxygen atoms in total. The van der Waals surface area contributed by atoms with Gasteiger partial charge in [-0.25, -0.2) is 4.39 Å². The van der Waals surface area contributed by atoms with Gasteiger partial charge in [0.05, 0.1) is 12.2 Å². The van der Waals surface area contributed by atoms with E-state index in [4.69, 9.17) is 16.3 Å². The molecule has 0 unspecified atom stereocenters. The van der Waals surface area contributed by atoms with Gasteiger partial charge in [0.15, 0.2) is 0 Å². The molecule has 0 aliphatic heterocycles. The van der Waals surface area contributed by atoms with Crippen LogP contribution in [0.4, 0.5) is 4.39 Å². The first-order chi connectivity index (χ1) is 12.5. The van der Waals surface area contributed by atoms with Crippen molar-refractivity contribution >= 4 is 17.5 Å². The lowest BCUT2D eigenvalue weighted by atomic mass is 10.1. The van der Waals surface area contributed by atoms with E-state index in [1.807, 2.05) is 12.1 Å². The van der Waals surface area contributed by atoms with E-state index in [1.54, 1.807) is 37.4 Å². The number of ether oxygens (including phenoxy) is 1. The van der Waals surface area contributed by atoms with Gasteiger partial charge < -0.3 is 9.64 Å². The topological polar surface area (TPSA) is 58.2 Å². The highest BCUT2D eigenvalue weighted by atomic mass is 35.5.